The van der Waals surface area contributed by atoms with E-state index in [4.69, 9.17) is 5.11 Å². The summed E-state index contributed by atoms with van der Waals surface area (Å²) in [5, 5.41) is 28.6. The van der Waals surface area contributed by atoms with Crippen LogP contribution < -0.4 is 0 Å². The van der Waals surface area contributed by atoms with Crippen molar-refractivity contribution in [3.05, 3.63) is 34.9 Å². The summed E-state index contributed by atoms with van der Waals surface area (Å²) in [4.78, 5) is 0. The van der Waals surface area contributed by atoms with Crippen LogP contribution in [0.15, 0.2) is 23.8 Å². The molecule has 136 valence electrons. The molecule has 1 aliphatic rings. The zero-order valence-electron chi connectivity index (χ0n) is 15.7. The molecule has 1 aliphatic carbocycles. The minimum Gasteiger partial charge on any atom is -0.507 e. The first-order chi connectivity index (χ1) is 11.3. The number of aliphatic hydroxyl groups is 1. The maximum absolute atomic E-state index is 10.3. The molecule has 0 saturated carbocycles. The largest absolute Gasteiger partial charge is 0.507 e. The maximum Gasteiger partial charge on any atom is 0.123 e. The molecule has 3 heteroatoms. The highest BCUT2D eigenvalue weighted by Gasteiger charge is 2.21. The van der Waals surface area contributed by atoms with Crippen molar-refractivity contribution in [1.29, 1.82) is 0 Å². The van der Waals surface area contributed by atoms with Gasteiger partial charge >= 0.3 is 0 Å². The fourth-order valence-corrected chi connectivity index (χ4v) is 3.12. The van der Waals surface area contributed by atoms with Crippen LogP contribution in [-0.4, -0.2) is 21.4 Å². The number of aliphatic hydroxyl groups excluding tert-OH is 1. The molecule has 0 amide bonds. The molecule has 3 N–H and O–H groups in total. The first kappa shape index (κ1) is 20.6. The molecule has 0 aliphatic heterocycles. The molecule has 0 aromatic heterocycles. The fourth-order valence-electron chi connectivity index (χ4n) is 3.12. The van der Waals surface area contributed by atoms with E-state index in [-0.39, 0.29) is 23.5 Å². The molecule has 1 atom stereocenters. The summed E-state index contributed by atoms with van der Waals surface area (Å²) < 4.78 is 0. The molecule has 0 heterocycles. The van der Waals surface area contributed by atoms with Crippen LogP contribution in [0.25, 0.3) is 0 Å². The van der Waals surface area contributed by atoms with E-state index in [0.29, 0.717) is 5.56 Å². The number of allylic oxidation sites excluding steroid dienone is 2. The van der Waals surface area contributed by atoms with Gasteiger partial charge in [-0.1, -0.05) is 31.4 Å². The number of hydrogen-bond donors (Lipinski definition) is 3. The lowest BCUT2D eigenvalue weighted by atomic mass is 9.84. The van der Waals surface area contributed by atoms with Gasteiger partial charge in [-0.3, -0.25) is 0 Å². The van der Waals surface area contributed by atoms with E-state index in [2.05, 4.69) is 19.9 Å². The van der Waals surface area contributed by atoms with Gasteiger partial charge in [-0.15, -0.1) is 0 Å². The van der Waals surface area contributed by atoms with Crippen LogP contribution in [0.2, 0.25) is 0 Å². The van der Waals surface area contributed by atoms with Gasteiger partial charge in [0, 0.05) is 17.6 Å². The lowest BCUT2D eigenvalue weighted by Crippen LogP contribution is -2.03. The predicted molar refractivity (Wildman–Crippen MR) is 101 cm³/mol. The van der Waals surface area contributed by atoms with Gasteiger partial charge in [0.25, 0.3) is 0 Å². The molecule has 1 unspecified atom stereocenters. The fraction of sp³-hybridized carbons (Fsp3) is 0.619. The van der Waals surface area contributed by atoms with E-state index in [1.54, 1.807) is 13.8 Å². The number of hydrogen-bond acceptors (Lipinski definition) is 3. The molecule has 0 fully saturated rings. The first-order valence-corrected chi connectivity index (χ1v) is 9.25. The first-order valence-electron chi connectivity index (χ1n) is 9.25. The number of benzene rings is 1. The normalized spacial score (nSPS) is 17.2. The smallest absolute Gasteiger partial charge is 0.123 e. The lowest BCUT2D eigenvalue weighted by molar-refractivity contribution is 0.216. The standard InChI is InChI=1S/C18H26O2.C3H8O/c1-3-4-5-8-14-11-16(19)18(17(20)12-14)15-9-6-7-13(2)10-15;1-3(2)4/h10-12,15,19-20H,3-9H2,1-2H3;3-4H,1-2H3. The Bertz CT molecular complexity index is 506. The minimum absolute atomic E-state index is 0.161. The molecule has 3 nitrogen and oxygen atoms in total. The Hall–Kier alpha value is -1.48. The molecule has 24 heavy (non-hydrogen) atoms. The van der Waals surface area contributed by atoms with E-state index >= 15 is 0 Å². The SMILES string of the molecule is CC(C)O.CCCCCc1cc(O)c(C2C=C(C)CCC2)c(O)c1. The van der Waals surface area contributed by atoms with E-state index in [1.165, 1.54) is 18.4 Å². The van der Waals surface area contributed by atoms with Crippen LogP contribution in [0.5, 0.6) is 11.5 Å². The minimum atomic E-state index is -0.167. The Balaban J connectivity index is 0.000000648. The maximum atomic E-state index is 10.3. The highest BCUT2D eigenvalue weighted by atomic mass is 16.3. The van der Waals surface area contributed by atoms with Crippen LogP contribution in [0, 0.1) is 0 Å². The van der Waals surface area contributed by atoms with E-state index in [0.717, 1.165) is 37.7 Å². The highest BCUT2D eigenvalue weighted by molar-refractivity contribution is 5.50. The van der Waals surface area contributed by atoms with Gasteiger partial charge in [0.05, 0.1) is 0 Å². The second-order valence-electron chi connectivity index (χ2n) is 7.11. The Kier molecular flexibility index (Phi) is 8.91. The van der Waals surface area contributed by atoms with Crippen molar-refractivity contribution in [3.8, 4) is 11.5 Å². The van der Waals surface area contributed by atoms with Crippen molar-refractivity contribution >= 4 is 0 Å². The molecule has 0 spiro atoms. The molecular formula is C21H34O3. The summed E-state index contributed by atoms with van der Waals surface area (Å²) in [6.45, 7) is 7.75. The third-order valence-corrected chi connectivity index (χ3v) is 4.21. The van der Waals surface area contributed by atoms with E-state index in [9.17, 15) is 10.2 Å². The number of aryl methyl sites for hydroxylation is 1. The Labute approximate surface area is 147 Å². The van der Waals surface area contributed by atoms with Crippen LogP contribution >= 0.6 is 0 Å². The summed E-state index contributed by atoms with van der Waals surface area (Å²) in [7, 11) is 0. The van der Waals surface area contributed by atoms with Crippen molar-refractivity contribution in [1.82, 2.24) is 0 Å². The molecule has 2 rings (SSSR count). The van der Waals surface area contributed by atoms with Crippen molar-refractivity contribution in [3.63, 3.8) is 0 Å². The predicted octanol–water partition coefficient (Wildman–Crippen LogP) is 5.43. The summed E-state index contributed by atoms with van der Waals surface area (Å²) >= 11 is 0. The zero-order chi connectivity index (χ0) is 18.1. The van der Waals surface area contributed by atoms with E-state index in [1.807, 2.05) is 12.1 Å². The van der Waals surface area contributed by atoms with Crippen molar-refractivity contribution in [2.24, 2.45) is 0 Å². The molecule has 0 radical (unpaired) electrons. The Morgan fingerprint density at radius 2 is 1.71 bits per heavy atom. The van der Waals surface area contributed by atoms with Gasteiger partial charge in [0.15, 0.2) is 0 Å². The van der Waals surface area contributed by atoms with Crippen LogP contribution in [0.1, 0.15) is 83.3 Å². The van der Waals surface area contributed by atoms with Crippen molar-refractivity contribution < 1.29 is 15.3 Å². The average molecular weight is 335 g/mol. The number of aromatic hydroxyl groups is 2. The van der Waals surface area contributed by atoms with Crippen LogP contribution in [0.3, 0.4) is 0 Å². The molecular weight excluding hydrogens is 300 g/mol. The molecule has 0 saturated heterocycles. The van der Waals surface area contributed by atoms with Crippen LogP contribution in [-0.2, 0) is 6.42 Å². The second-order valence-corrected chi connectivity index (χ2v) is 7.11. The molecule has 0 bridgehead atoms. The Morgan fingerprint density at radius 3 is 2.21 bits per heavy atom. The van der Waals surface area contributed by atoms with Crippen molar-refractivity contribution in [2.45, 2.75) is 84.7 Å². The van der Waals surface area contributed by atoms with Gasteiger partial charge < -0.3 is 15.3 Å². The quantitative estimate of drug-likeness (QED) is 0.497. The summed E-state index contributed by atoms with van der Waals surface area (Å²) in [5.74, 6) is 0.674. The third kappa shape index (κ3) is 6.96. The topological polar surface area (TPSA) is 60.7 Å². The summed E-state index contributed by atoms with van der Waals surface area (Å²) in [6, 6.07) is 3.67. The van der Waals surface area contributed by atoms with Gasteiger partial charge in [-0.25, -0.2) is 0 Å². The Morgan fingerprint density at radius 1 is 1.12 bits per heavy atom. The monoisotopic (exact) mass is 334 g/mol. The summed E-state index contributed by atoms with van der Waals surface area (Å²) in [6.07, 6.45) is 9.70. The third-order valence-electron chi connectivity index (χ3n) is 4.21. The molecule has 1 aromatic rings. The lowest BCUT2D eigenvalue weighted by Gasteiger charge is -2.22. The van der Waals surface area contributed by atoms with Gasteiger partial charge in [-0.2, -0.15) is 0 Å². The highest BCUT2D eigenvalue weighted by Crippen LogP contribution is 2.41. The van der Waals surface area contributed by atoms with Gasteiger partial charge in [-0.05, 0) is 70.6 Å². The van der Waals surface area contributed by atoms with Crippen LogP contribution in [0.4, 0.5) is 0 Å². The van der Waals surface area contributed by atoms with Gasteiger partial charge in [0.1, 0.15) is 11.5 Å². The van der Waals surface area contributed by atoms with Gasteiger partial charge in [0.2, 0.25) is 0 Å². The van der Waals surface area contributed by atoms with Crippen molar-refractivity contribution in [2.75, 3.05) is 0 Å². The number of rotatable bonds is 5. The summed E-state index contributed by atoms with van der Waals surface area (Å²) in [5.41, 5.74) is 3.10. The second kappa shape index (κ2) is 10.4. The van der Waals surface area contributed by atoms with E-state index < -0.39 is 0 Å². The number of phenolic OH excluding ortho intramolecular Hbond substituents is 2. The average Bonchev–Trinajstić information content (AvgIpc) is 2.46. The zero-order valence-corrected chi connectivity index (χ0v) is 15.7. The number of unbranched alkanes of at least 4 members (excludes halogenated alkanes) is 2. The molecule has 1 aromatic carbocycles. The number of phenols is 2.